The van der Waals surface area contributed by atoms with Crippen molar-refractivity contribution in [3.63, 3.8) is 0 Å². The molecule has 0 saturated carbocycles. The second kappa shape index (κ2) is 16.5. The maximum absolute atomic E-state index is 13.2. The maximum Gasteiger partial charge on any atom is 0.326 e. The van der Waals surface area contributed by atoms with Crippen LogP contribution >= 0.6 is 11.6 Å². The van der Waals surface area contributed by atoms with Crippen LogP contribution in [-0.2, 0) is 27.5 Å². The average Bonchev–Trinajstić information content (AvgIpc) is 3.59. The summed E-state index contributed by atoms with van der Waals surface area (Å²) in [4.78, 5) is 30.7. The summed E-state index contributed by atoms with van der Waals surface area (Å²) in [6, 6.07) is 16.7. The van der Waals surface area contributed by atoms with Gasteiger partial charge in [0.15, 0.2) is 0 Å². The fraction of sp³-hybridized carbons (Fsp3) is 0.368. The third-order valence-corrected chi connectivity index (χ3v) is 9.58. The summed E-state index contributed by atoms with van der Waals surface area (Å²) in [5, 5.41) is 41.8. The van der Waals surface area contributed by atoms with Gasteiger partial charge in [0.25, 0.3) is 0 Å². The lowest BCUT2D eigenvalue weighted by molar-refractivity contribution is -0.146. The predicted octanol–water partition coefficient (Wildman–Crippen LogP) is 4.13. The van der Waals surface area contributed by atoms with E-state index < -0.39 is 29.8 Å². The fourth-order valence-corrected chi connectivity index (χ4v) is 6.16. The normalized spacial score (nSPS) is 21.0. The summed E-state index contributed by atoms with van der Waals surface area (Å²) in [5.74, 6) is -1.19. The molecular weight excluding hydrogens is 676 g/mol. The molecule has 1 aromatic heterocycles. The number of carbonyl (C=O) groups excluding carboxylic acids is 1. The minimum atomic E-state index is -1.63. The van der Waals surface area contributed by atoms with E-state index in [1.165, 1.54) is 13.1 Å². The highest BCUT2D eigenvalue weighted by Gasteiger charge is 2.41. The van der Waals surface area contributed by atoms with Crippen LogP contribution in [0.2, 0.25) is 5.02 Å². The third-order valence-electron chi connectivity index (χ3n) is 9.29. The first kappa shape index (κ1) is 37.5. The first-order chi connectivity index (χ1) is 24.5. The van der Waals surface area contributed by atoms with Crippen molar-refractivity contribution >= 4 is 29.1 Å². The van der Waals surface area contributed by atoms with Crippen LogP contribution < -0.4 is 14.8 Å². The molecule has 12 nitrogen and oxygen atoms in total. The SMILES string of the molecule is CC1C(c2ccccc2)=CC=CC1(COc1cc(OCc2cncc(C#N)c2)c(CNC(C)(CO)C(=O)O)cc1Cl)OCC(=O)N1CC[C@H](O)C1. The molecule has 1 aliphatic carbocycles. The molecule has 1 aliphatic heterocycles. The molecule has 268 valence electrons. The van der Waals surface area contributed by atoms with E-state index in [4.69, 9.17) is 25.8 Å². The number of carboxylic acids is 1. The number of amides is 1. The number of pyridine rings is 1. The number of aliphatic hydroxyl groups excluding tert-OH is 2. The quantitative estimate of drug-likeness (QED) is 0.178. The number of hydrogen-bond acceptors (Lipinski definition) is 10. The van der Waals surface area contributed by atoms with Gasteiger partial charge in [-0.25, -0.2) is 0 Å². The van der Waals surface area contributed by atoms with E-state index in [1.807, 2.05) is 61.6 Å². The van der Waals surface area contributed by atoms with Crippen LogP contribution in [0, 0.1) is 17.2 Å². The summed E-state index contributed by atoms with van der Waals surface area (Å²) < 4.78 is 19.1. The number of likely N-dealkylation sites (tertiary alicyclic amines) is 1. The minimum Gasteiger partial charge on any atom is -0.489 e. The van der Waals surface area contributed by atoms with E-state index in [1.54, 1.807) is 29.3 Å². The van der Waals surface area contributed by atoms with E-state index in [-0.39, 0.29) is 55.5 Å². The Bertz CT molecular complexity index is 1830. The van der Waals surface area contributed by atoms with E-state index in [9.17, 15) is 30.2 Å². The number of nitrogens with zero attached hydrogens (tertiary/aromatic N) is 3. The van der Waals surface area contributed by atoms with Crippen molar-refractivity contribution < 1.29 is 39.1 Å². The number of rotatable bonds is 15. The Morgan fingerprint density at radius 3 is 2.65 bits per heavy atom. The van der Waals surface area contributed by atoms with Crippen LogP contribution in [0.5, 0.6) is 11.5 Å². The molecule has 51 heavy (non-hydrogen) atoms. The largest absolute Gasteiger partial charge is 0.489 e. The van der Waals surface area contributed by atoms with Gasteiger partial charge in [0, 0.05) is 55.1 Å². The molecule has 1 amide bonds. The third kappa shape index (κ3) is 8.94. The molecule has 0 radical (unpaired) electrons. The predicted molar refractivity (Wildman–Crippen MR) is 189 cm³/mol. The zero-order valence-electron chi connectivity index (χ0n) is 28.4. The summed E-state index contributed by atoms with van der Waals surface area (Å²) in [7, 11) is 0. The average molecular weight is 717 g/mol. The lowest BCUT2D eigenvalue weighted by atomic mass is 9.77. The summed E-state index contributed by atoms with van der Waals surface area (Å²) in [6.07, 6.45) is 8.72. The number of aromatic nitrogens is 1. The van der Waals surface area contributed by atoms with Crippen molar-refractivity contribution in [1.82, 2.24) is 15.2 Å². The minimum absolute atomic E-state index is 0.0259. The molecule has 5 rings (SSSR count). The van der Waals surface area contributed by atoms with E-state index in [0.717, 1.165) is 11.1 Å². The Kier molecular flexibility index (Phi) is 12.1. The van der Waals surface area contributed by atoms with Gasteiger partial charge in [0.1, 0.15) is 48.5 Å². The molecular formula is C38H41ClN4O8. The Morgan fingerprint density at radius 1 is 1.18 bits per heavy atom. The van der Waals surface area contributed by atoms with E-state index in [0.29, 0.717) is 35.4 Å². The van der Waals surface area contributed by atoms with Crippen molar-refractivity contribution in [1.29, 1.82) is 5.26 Å². The zero-order chi connectivity index (χ0) is 36.6. The molecule has 0 bridgehead atoms. The molecule has 13 heteroatoms. The number of carboxylic acid groups (broad SMARTS) is 1. The molecule has 2 aliphatic rings. The van der Waals surface area contributed by atoms with Crippen LogP contribution in [0.1, 0.15) is 42.5 Å². The highest BCUT2D eigenvalue weighted by molar-refractivity contribution is 6.32. The van der Waals surface area contributed by atoms with Crippen molar-refractivity contribution in [2.75, 3.05) is 32.9 Å². The zero-order valence-corrected chi connectivity index (χ0v) is 29.2. The molecule has 2 heterocycles. The molecule has 1 fully saturated rings. The second-order valence-electron chi connectivity index (χ2n) is 12.9. The Labute approximate surface area is 301 Å². The van der Waals surface area contributed by atoms with E-state index >= 15 is 0 Å². The number of benzene rings is 2. The summed E-state index contributed by atoms with van der Waals surface area (Å²) in [6.45, 7) is 3.14. The number of halogens is 1. The van der Waals surface area contributed by atoms with Gasteiger partial charge in [0.2, 0.25) is 5.91 Å². The first-order valence-electron chi connectivity index (χ1n) is 16.5. The van der Waals surface area contributed by atoms with Gasteiger partial charge in [-0.3, -0.25) is 19.9 Å². The Balaban J connectivity index is 1.43. The number of β-amino-alcohol motifs (C(OH)–C–C–N with tert-alkyl or cyclic N) is 1. The highest BCUT2D eigenvalue weighted by Crippen LogP contribution is 2.41. The van der Waals surface area contributed by atoms with Gasteiger partial charge in [0.05, 0.1) is 23.3 Å². The molecule has 3 aromatic rings. The van der Waals surface area contributed by atoms with Gasteiger partial charge in [-0.2, -0.15) is 5.26 Å². The number of nitrogens with one attached hydrogen (secondary N) is 1. The van der Waals surface area contributed by atoms with Gasteiger partial charge in [-0.05, 0) is 42.7 Å². The van der Waals surface area contributed by atoms with Gasteiger partial charge < -0.3 is 34.4 Å². The Morgan fingerprint density at radius 2 is 1.96 bits per heavy atom. The number of ether oxygens (including phenoxy) is 3. The summed E-state index contributed by atoms with van der Waals surface area (Å²) in [5.41, 5.74) is 0.718. The molecule has 0 spiro atoms. The van der Waals surface area contributed by atoms with Gasteiger partial charge in [-0.15, -0.1) is 0 Å². The van der Waals surface area contributed by atoms with Crippen molar-refractivity contribution in [2.24, 2.45) is 5.92 Å². The van der Waals surface area contributed by atoms with Crippen LogP contribution in [0.15, 0.2) is 79.2 Å². The lowest BCUT2D eigenvalue weighted by Gasteiger charge is -2.39. The molecule has 4 atom stereocenters. The number of hydrogen-bond donors (Lipinski definition) is 4. The second-order valence-corrected chi connectivity index (χ2v) is 13.3. The lowest BCUT2D eigenvalue weighted by Crippen LogP contribution is -2.52. The van der Waals surface area contributed by atoms with Crippen molar-refractivity contribution in [2.45, 2.75) is 50.7 Å². The molecule has 2 aromatic carbocycles. The highest BCUT2D eigenvalue weighted by atomic mass is 35.5. The molecule has 1 saturated heterocycles. The summed E-state index contributed by atoms with van der Waals surface area (Å²) >= 11 is 6.78. The van der Waals surface area contributed by atoms with Crippen molar-refractivity contribution in [3.05, 3.63) is 106 Å². The molecule has 4 N–H and O–H groups in total. The number of aliphatic hydroxyl groups is 2. The Hall–Kier alpha value is -4.77. The van der Waals surface area contributed by atoms with Crippen LogP contribution in [0.3, 0.4) is 0 Å². The topological polar surface area (TPSA) is 174 Å². The van der Waals surface area contributed by atoms with E-state index in [2.05, 4.69) is 10.3 Å². The fourth-order valence-electron chi connectivity index (χ4n) is 5.91. The van der Waals surface area contributed by atoms with Gasteiger partial charge in [-0.1, -0.05) is 61.0 Å². The maximum atomic E-state index is 13.2. The van der Waals surface area contributed by atoms with Crippen LogP contribution in [0.25, 0.3) is 5.57 Å². The smallest absolute Gasteiger partial charge is 0.326 e. The number of carbonyl (C=O) groups is 2. The number of nitriles is 1. The standard InChI is InChI=1S/C38H41ClN4O8/c1-25-31(28-7-4-3-5-8-28)9-6-11-38(25,51-22-35(46)43-12-10-30(45)20-43)24-50-34-15-33(49-21-27-13-26(16-40)17-41-18-27)29(14-32(34)39)19-42-37(2,23-44)36(47)48/h3-9,11,13-15,17-18,25,30,42,44-45H,10,12,19-24H2,1-2H3,(H,47,48)/t25?,30-,37?,38?/m0/s1. The number of aliphatic carboxylic acids is 1. The number of allylic oxidation sites excluding steroid dienone is 2. The van der Waals surface area contributed by atoms with Crippen LogP contribution in [0.4, 0.5) is 0 Å². The van der Waals surface area contributed by atoms with Crippen molar-refractivity contribution in [3.8, 4) is 17.6 Å². The monoisotopic (exact) mass is 716 g/mol. The van der Waals surface area contributed by atoms with Gasteiger partial charge >= 0.3 is 5.97 Å². The first-order valence-corrected chi connectivity index (χ1v) is 16.9. The van der Waals surface area contributed by atoms with Crippen LogP contribution in [-0.4, -0.2) is 87.2 Å². The molecule has 3 unspecified atom stereocenters.